The summed E-state index contributed by atoms with van der Waals surface area (Å²) in [5.74, 6) is 0.820. The van der Waals surface area contributed by atoms with Gasteiger partial charge in [-0.25, -0.2) is 13.1 Å². The molecule has 2 aromatic rings. The first-order chi connectivity index (χ1) is 12.7. The van der Waals surface area contributed by atoms with Crippen LogP contribution in [0.3, 0.4) is 0 Å². The maximum absolute atomic E-state index is 12.8. The number of anilines is 1. The summed E-state index contributed by atoms with van der Waals surface area (Å²) in [7, 11) is -2.12. The Balaban J connectivity index is 2.24. The highest BCUT2D eigenvalue weighted by molar-refractivity contribution is 7.89. The molecule has 146 valence electrons. The zero-order chi connectivity index (χ0) is 20.0. The Kier molecular flexibility index (Phi) is 6.98. The van der Waals surface area contributed by atoms with Gasteiger partial charge in [0.1, 0.15) is 5.75 Å². The second-order valence-electron chi connectivity index (χ2n) is 6.78. The van der Waals surface area contributed by atoms with E-state index in [-0.39, 0.29) is 16.8 Å². The Bertz CT molecular complexity index is 860. The van der Waals surface area contributed by atoms with Crippen LogP contribution in [0.5, 0.6) is 5.75 Å². The fraction of sp³-hybridized carbons (Fsp3) is 0.350. The number of carbonyl (C=O) groups excluding carboxylic acids is 1. The van der Waals surface area contributed by atoms with Crippen LogP contribution < -0.4 is 14.8 Å². The van der Waals surface area contributed by atoms with Gasteiger partial charge in [0, 0.05) is 18.7 Å². The number of rotatable bonds is 8. The van der Waals surface area contributed by atoms with E-state index in [1.165, 1.54) is 19.1 Å². The number of hydrogen-bond acceptors (Lipinski definition) is 4. The van der Waals surface area contributed by atoms with Crippen molar-refractivity contribution < 1.29 is 17.9 Å². The second-order valence-corrected chi connectivity index (χ2v) is 8.50. The van der Waals surface area contributed by atoms with E-state index in [1.54, 1.807) is 19.2 Å². The number of nitrogens with one attached hydrogen (secondary N) is 2. The summed E-state index contributed by atoms with van der Waals surface area (Å²) >= 11 is 0. The van der Waals surface area contributed by atoms with Crippen LogP contribution in [0, 0.1) is 5.92 Å². The van der Waals surface area contributed by atoms with E-state index in [0.29, 0.717) is 18.0 Å². The third kappa shape index (κ3) is 6.08. The molecule has 7 heteroatoms. The first kappa shape index (κ1) is 20.9. The van der Waals surface area contributed by atoms with Gasteiger partial charge in [0.25, 0.3) is 0 Å². The van der Waals surface area contributed by atoms with Crippen molar-refractivity contribution in [3.05, 3.63) is 54.1 Å². The smallest absolute Gasteiger partial charge is 0.241 e. The molecule has 2 aromatic carbocycles. The topological polar surface area (TPSA) is 84.5 Å². The van der Waals surface area contributed by atoms with Crippen molar-refractivity contribution in [3.8, 4) is 5.75 Å². The van der Waals surface area contributed by atoms with Crippen molar-refractivity contribution >= 4 is 21.6 Å². The minimum atomic E-state index is -3.71. The Labute approximate surface area is 161 Å². The van der Waals surface area contributed by atoms with Crippen molar-refractivity contribution in [2.24, 2.45) is 5.92 Å². The molecule has 1 atom stereocenters. The maximum Gasteiger partial charge on any atom is 0.241 e. The Morgan fingerprint density at radius 2 is 1.63 bits per heavy atom. The molecule has 6 nitrogen and oxygen atoms in total. The largest absolute Gasteiger partial charge is 0.497 e. The van der Waals surface area contributed by atoms with Crippen molar-refractivity contribution in [3.63, 3.8) is 0 Å². The number of amides is 1. The fourth-order valence-corrected chi connectivity index (χ4v) is 3.97. The average Bonchev–Trinajstić information content (AvgIpc) is 2.60. The molecule has 0 radical (unpaired) electrons. The molecular weight excluding hydrogens is 364 g/mol. The third-order valence-electron chi connectivity index (χ3n) is 4.01. The van der Waals surface area contributed by atoms with Crippen LogP contribution in [0.1, 0.15) is 38.8 Å². The summed E-state index contributed by atoms with van der Waals surface area (Å²) in [6, 6.07) is 13.1. The predicted molar refractivity (Wildman–Crippen MR) is 106 cm³/mol. The van der Waals surface area contributed by atoms with E-state index >= 15 is 0 Å². The van der Waals surface area contributed by atoms with E-state index in [9.17, 15) is 13.2 Å². The first-order valence-corrected chi connectivity index (χ1v) is 10.2. The number of methoxy groups -OCH3 is 1. The summed E-state index contributed by atoms with van der Waals surface area (Å²) in [5.41, 5.74) is 1.43. The highest BCUT2D eigenvalue weighted by Crippen LogP contribution is 2.26. The SMILES string of the molecule is COc1ccc([C@H](CC(C)C)NS(=O)(=O)c2ccc(NC(C)=O)cc2)cc1. The molecule has 0 aliphatic rings. The van der Waals surface area contributed by atoms with E-state index in [4.69, 9.17) is 4.74 Å². The molecule has 2 rings (SSSR count). The molecule has 2 N–H and O–H groups in total. The third-order valence-corrected chi connectivity index (χ3v) is 5.50. The van der Waals surface area contributed by atoms with Crippen molar-refractivity contribution in [2.45, 2.75) is 38.1 Å². The summed E-state index contributed by atoms with van der Waals surface area (Å²) in [4.78, 5) is 11.2. The lowest BCUT2D eigenvalue weighted by Crippen LogP contribution is -2.29. The van der Waals surface area contributed by atoms with Gasteiger partial charge in [-0.2, -0.15) is 0 Å². The van der Waals surface area contributed by atoms with E-state index in [1.807, 2.05) is 38.1 Å². The lowest BCUT2D eigenvalue weighted by Gasteiger charge is -2.21. The van der Waals surface area contributed by atoms with Gasteiger partial charge in [0.15, 0.2) is 0 Å². The van der Waals surface area contributed by atoms with Crippen LogP contribution in [0.4, 0.5) is 5.69 Å². The molecule has 0 saturated carbocycles. The molecule has 0 bridgehead atoms. The van der Waals surface area contributed by atoms with Gasteiger partial charge in [-0.15, -0.1) is 0 Å². The van der Waals surface area contributed by atoms with Gasteiger partial charge in [-0.3, -0.25) is 4.79 Å². The number of hydrogen-bond donors (Lipinski definition) is 2. The minimum absolute atomic E-state index is 0.152. The van der Waals surface area contributed by atoms with Gasteiger partial charge in [0.2, 0.25) is 15.9 Å². The molecule has 0 unspecified atom stereocenters. The second kappa shape index (κ2) is 9.01. The predicted octanol–water partition coefficient (Wildman–Crippen LogP) is 3.72. The van der Waals surface area contributed by atoms with Crippen LogP contribution in [0.2, 0.25) is 0 Å². The molecular formula is C20H26N2O4S. The lowest BCUT2D eigenvalue weighted by molar-refractivity contribution is -0.114. The molecule has 27 heavy (non-hydrogen) atoms. The van der Waals surface area contributed by atoms with Crippen LogP contribution in [-0.2, 0) is 14.8 Å². The van der Waals surface area contributed by atoms with Gasteiger partial charge in [0.05, 0.1) is 12.0 Å². The Morgan fingerprint density at radius 3 is 2.11 bits per heavy atom. The summed E-state index contributed by atoms with van der Waals surface area (Å²) in [5, 5.41) is 2.62. The zero-order valence-corrected chi connectivity index (χ0v) is 16.8. The van der Waals surface area contributed by atoms with Gasteiger partial charge < -0.3 is 10.1 Å². The molecule has 0 aliphatic heterocycles. The number of carbonyl (C=O) groups is 1. The highest BCUT2D eigenvalue weighted by Gasteiger charge is 2.22. The monoisotopic (exact) mass is 390 g/mol. The Morgan fingerprint density at radius 1 is 1.04 bits per heavy atom. The van der Waals surface area contributed by atoms with Crippen LogP contribution in [-0.4, -0.2) is 21.4 Å². The van der Waals surface area contributed by atoms with Crippen LogP contribution in [0.15, 0.2) is 53.4 Å². The highest BCUT2D eigenvalue weighted by atomic mass is 32.2. The molecule has 0 spiro atoms. The molecule has 1 amide bonds. The van der Waals surface area contributed by atoms with E-state index in [2.05, 4.69) is 10.0 Å². The summed E-state index contributed by atoms with van der Waals surface area (Å²) in [6.45, 7) is 5.50. The fourth-order valence-electron chi connectivity index (χ4n) is 2.74. The van der Waals surface area contributed by atoms with Crippen molar-refractivity contribution in [2.75, 3.05) is 12.4 Å². The Hall–Kier alpha value is -2.38. The standard InChI is InChI=1S/C20H26N2O4S/c1-14(2)13-20(16-5-9-18(26-4)10-6-16)22-27(24,25)19-11-7-17(8-12-19)21-15(3)23/h5-12,14,20,22H,13H2,1-4H3,(H,21,23)/t20-/m0/s1. The van der Waals surface area contributed by atoms with E-state index in [0.717, 1.165) is 11.3 Å². The first-order valence-electron chi connectivity index (χ1n) is 8.75. The minimum Gasteiger partial charge on any atom is -0.497 e. The molecule has 0 saturated heterocycles. The molecule has 0 aromatic heterocycles. The molecule has 0 aliphatic carbocycles. The summed E-state index contributed by atoms with van der Waals surface area (Å²) < 4.78 is 33.6. The number of sulfonamides is 1. The van der Waals surface area contributed by atoms with Crippen LogP contribution >= 0.6 is 0 Å². The van der Waals surface area contributed by atoms with Gasteiger partial charge >= 0.3 is 0 Å². The lowest BCUT2D eigenvalue weighted by atomic mass is 9.98. The molecule has 0 heterocycles. The van der Waals surface area contributed by atoms with E-state index < -0.39 is 10.0 Å². The van der Waals surface area contributed by atoms with Crippen LogP contribution in [0.25, 0.3) is 0 Å². The maximum atomic E-state index is 12.8. The normalized spacial score (nSPS) is 12.6. The molecule has 0 fully saturated rings. The zero-order valence-electron chi connectivity index (χ0n) is 16.0. The van der Waals surface area contributed by atoms with Gasteiger partial charge in [-0.1, -0.05) is 26.0 Å². The quantitative estimate of drug-likeness (QED) is 0.719. The number of benzene rings is 2. The van der Waals surface area contributed by atoms with Crippen molar-refractivity contribution in [1.82, 2.24) is 4.72 Å². The average molecular weight is 391 g/mol. The number of ether oxygens (including phenoxy) is 1. The summed E-state index contributed by atoms with van der Waals surface area (Å²) in [6.07, 6.45) is 0.662. The van der Waals surface area contributed by atoms with Gasteiger partial charge in [-0.05, 0) is 54.3 Å². The van der Waals surface area contributed by atoms with Crippen molar-refractivity contribution in [1.29, 1.82) is 0 Å².